The molecule has 3 rings (SSSR count). The largest absolute Gasteiger partial charge is 0.454 e. The van der Waals surface area contributed by atoms with Gasteiger partial charge in [0.1, 0.15) is 6.54 Å². The van der Waals surface area contributed by atoms with Crippen LogP contribution < -0.4 is 19.7 Å². The van der Waals surface area contributed by atoms with Crippen LogP contribution in [0.5, 0.6) is 11.5 Å². The maximum atomic E-state index is 12.4. The Morgan fingerprint density at radius 3 is 2.42 bits per heavy atom. The lowest BCUT2D eigenvalue weighted by molar-refractivity contribution is -0.120. The average molecular weight is 354 g/mol. The number of anilines is 2. The van der Waals surface area contributed by atoms with Gasteiger partial charge in [-0.3, -0.25) is 9.59 Å². The van der Waals surface area contributed by atoms with Gasteiger partial charge in [-0.25, -0.2) is 0 Å². The van der Waals surface area contributed by atoms with Gasteiger partial charge < -0.3 is 19.7 Å². The quantitative estimate of drug-likeness (QED) is 0.892. The van der Waals surface area contributed by atoms with E-state index in [1.54, 1.807) is 18.2 Å². The summed E-state index contributed by atoms with van der Waals surface area (Å²) in [7, 11) is 0. The lowest BCUT2D eigenvalue weighted by atomic mass is 10.0. The highest BCUT2D eigenvalue weighted by Crippen LogP contribution is 2.35. The highest BCUT2D eigenvalue weighted by Gasteiger charge is 2.20. The Hall–Kier alpha value is -3.02. The van der Waals surface area contributed by atoms with Crippen molar-refractivity contribution in [2.45, 2.75) is 26.7 Å². The fourth-order valence-electron chi connectivity index (χ4n) is 2.73. The molecule has 1 N–H and O–H groups in total. The van der Waals surface area contributed by atoms with E-state index in [-0.39, 0.29) is 25.2 Å². The summed E-state index contributed by atoms with van der Waals surface area (Å²) >= 11 is 0. The first-order valence-corrected chi connectivity index (χ1v) is 8.51. The van der Waals surface area contributed by atoms with E-state index in [4.69, 9.17) is 9.47 Å². The molecule has 1 heterocycles. The summed E-state index contributed by atoms with van der Waals surface area (Å²) in [6, 6.07) is 12.9. The summed E-state index contributed by atoms with van der Waals surface area (Å²) in [5.74, 6) is 1.13. The summed E-state index contributed by atoms with van der Waals surface area (Å²) in [4.78, 5) is 25.8. The Kier molecular flexibility index (Phi) is 5.11. The van der Waals surface area contributed by atoms with Gasteiger partial charge in [0.25, 0.3) is 0 Å². The molecule has 0 spiro atoms. The van der Waals surface area contributed by atoms with Crippen LogP contribution in [0.15, 0.2) is 42.5 Å². The minimum atomic E-state index is -0.268. The van der Waals surface area contributed by atoms with Crippen LogP contribution in [0.4, 0.5) is 11.4 Å². The predicted molar refractivity (Wildman–Crippen MR) is 99.8 cm³/mol. The van der Waals surface area contributed by atoms with Crippen molar-refractivity contribution >= 4 is 23.2 Å². The number of hydrogen-bond acceptors (Lipinski definition) is 4. The molecule has 0 fully saturated rings. The van der Waals surface area contributed by atoms with E-state index >= 15 is 0 Å². The van der Waals surface area contributed by atoms with Crippen molar-refractivity contribution in [3.8, 4) is 11.5 Å². The predicted octanol–water partition coefficient (Wildman–Crippen LogP) is 3.53. The maximum Gasteiger partial charge on any atom is 0.244 e. The van der Waals surface area contributed by atoms with E-state index in [2.05, 4.69) is 19.2 Å². The standard InChI is InChI=1S/C20H22N2O4/c1-13(2)15-4-6-16(7-5-15)21-20(24)11-22(14(3)23)17-8-9-18-19(10-17)26-12-25-18/h4-10,13H,11-12H2,1-3H3,(H,21,24). The molecule has 1 aliphatic rings. The third-order valence-corrected chi connectivity index (χ3v) is 4.21. The van der Waals surface area contributed by atoms with Crippen LogP contribution in [0.2, 0.25) is 0 Å². The van der Waals surface area contributed by atoms with E-state index in [1.807, 2.05) is 24.3 Å². The van der Waals surface area contributed by atoms with Crippen molar-refractivity contribution in [2.75, 3.05) is 23.6 Å². The number of hydrogen-bond donors (Lipinski definition) is 1. The molecule has 0 aliphatic carbocycles. The summed E-state index contributed by atoms with van der Waals surface area (Å²) in [6.45, 7) is 5.73. The van der Waals surface area contributed by atoms with Gasteiger partial charge in [-0.05, 0) is 35.7 Å². The molecule has 0 atom stereocenters. The Balaban J connectivity index is 1.69. The van der Waals surface area contributed by atoms with Crippen LogP contribution in [-0.4, -0.2) is 25.2 Å². The first-order chi connectivity index (χ1) is 12.4. The highest BCUT2D eigenvalue weighted by molar-refractivity contribution is 6.02. The first kappa shape index (κ1) is 17.8. The Morgan fingerprint density at radius 1 is 1.08 bits per heavy atom. The van der Waals surface area contributed by atoms with Crippen LogP contribution in [0, 0.1) is 0 Å². The Labute approximate surface area is 152 Å². The van der Waals surface area contributed by atoms with Crippen LogP contribution in [0.3, 0.4) is 0 Å². The molecule has 1 aliphatic heterocycles. The second-order valence-corrected chi connectivity index (χ2v) is 6.47. The number of fused-ring (bicyclic) bond motifs is 1. The van der Waals surface area contributed by atoms with Crippen LogP contribution >= 0.6 is 0 Å². The molecule has 0 aromatic heterocycles. The number of amides is 2. The van der Waals surface area contributed by atoms with Crippen molar-refractivity contribution in [1.29, 1.82) is 0 Å². The number of benzene rings is 2. The molecule has 0 saturated carbocycles. The molecule has 2 aromatic carbocycles. The maximum absolute atomic E-state index is 12.4. The zero-order chi connectivity index (χ0) is 18.7. The van der Waals surface area contributed by atoms with E-state index in [1.165, 1.54) is 17.4 Å². The second kappa shape index (κ2) is 7.47. The number of rotatable bonds is 5. The molecule has 6 heteroatoms. The van der Waals surface area contributed by atoms with Crippen LogP contribution in [-0.2, 0) is 9.59 Å². The summed E-state index contributed by atoms with van der Waals surface area (Å²) < 4.78 is 10.6. The molecule has 6 nitrogen and oxygen atoms in total. The number of carbonyl (C=O) groups is 2. The molecule has 0 radical (unpaired) electrons. The van der Waals surface area contributed by atoms with E-state index in [0.29, 0.717) is 28.8 Å². The van der Waals surface area contributed by atoms with Crippen LogP contribution in [0.25, 0.3) is 0 Å². The zero-order valence-electron chi connectivity index (χ0n) is 15.1. The topological polar surface area (TPSA) is 67.9 Å². The van der Waals surface area contributed by atoms with E-state index in [9.17, 15) is 9.59 Å². The fraction of sp³-hybridized carbons (Fsp3) is 0.300. The van der Waals surface area contributed by atoms with Crippen molar-refractivity contribution in [3.05, 3.63) is 48.0 Å². The van der Waals surface area contributed by atoms with Gasteiger partial charge in [0.05, 0.1) is 0 Å². The molecule has 2 amide bonds. The highest BCUT2D eigenvalue weighted by atomic mass is 16.7. The Morgan fingerprint density at radius 2 is 1.77 bits per heavy atom. The number of ether oxygens (including phenoxy) is 2. The summed E-state index contributed by atoms with van der Waals surface area (Å²) in [5.41, 5.74) is 2.49. The fourth-order valence-corrected chi connectivity index (χ4v) is 2.73. The van der Waals surface area contributed by atoms with Crippen molar-refractivity contribution < 1.29 is 19.1 Å². The van der Waals surface area contributed by atoms with Gasteiger partial charge in [0, 0.05) is 24.4 Å². The average Bonchev–Trinajstić information content (AvgIpc) is 3.07. The summed E-state index contributed by atoms with van der Waals surface area (Å²) in [5, 5.41) is 2.83. The molecule has 2 aromatic rings. The summed E-state index contributed by atoms with van der Waals surface area (Å²) in [6.07, 6.45) is 0. The van der Waals surface area contributed by atoms with E-state index in [0.717, 1.165) is 0 Å². The van der Waals surface area contributed by atoms with Gasteiger partial charge in [-0.2, -0.15) is 0 Å². The minimum absolute atomic E-state index is 0.0824. The molecule has 0 saturated heterocycles. The minimum Gasteiger partial charge on any atom is -0.454 e. The first-order valence-electron chi connectivity index (χ1n) is 8.51. The van der Waals surface area contributed by atoms with Crippen molar-refractivity contribution in [1.82, 2.24) is 0 Å². The third-order valence-electron chi connectivity index (χ3n) is 4.21. The SMILES string of the molecule is CC(=O)N(CC(=O)Nc1ccc(C(C)C)cc1)c1ccc2c(c1)OCO2. The second-order valence-electron chi connectivity index (χ2n) is 6.47. The smallest absolute Gasteiger partial charge is 0.244 e. The lowest BCUT2D eigenvalue weighted by Gasteiger charge is -2.21. The molecule has 26 heavy (non-hydrogen) atoms. The molecular formula is C20H22N2O4. The molecular weight excluding hydrogens is 332 g/mol. The van der Waals surface area contributed by atoms with Gasteiger partial charge >= 0.3 is 0 Å². The van der Waals surface area contributed by atoms with Gasteiger partial charge in [0.2, 0.25) is 18.6 Å². The normalized spacial score (nSPS) is 12.2. The van der Waals surface area contributed by atoms with Crippen molar-refractivity contribution in [3.63, 3.8) is 0 Å². The van der Waals surface area contributed by atoms with E-state index < -0.39 is 0 Å². The zero-order valence-corrected chi connectivity index (χ0v) is 15.1. The van der Waals surface area contributed by atoms with Crippen molar-refractivity contribution in [2.24, 2.45) is 0 Å². The molecule has 0 unspecified atom stereocenters. The van der Waals surface area contributed by atoms with Gasteiger partial charge in [-0.15, -0.1) is 0 Å². The number of carbonyl (C=O) groups excluding carboxylic acids is 2. The van der Waals surface area contributed by atoms with Gasteiger partial charge in [0.15, 0.2) is 11.5 Å². The molecule has 136 valence electrons. The Bertz CT molecular complexity index is 815. The number of nitrogens with zero attached hydrogens (tertiary/aromatic N) is 1. The van der Waals surface area contributed by atoms with Gasteiger partial charge in [-0.1, -0.05) is 26.0 Å². The number of nitrogens with one attached hydrogen (secondary N) is 1. The monoisotopic (exact) mass is 354 g/mol. The lowest BCUT2D eigenvalue weighted by Crippen LogP contribution is -2.36. The molecule has 0 bridgehead atoms. The third kappa shape index (κ3) is 3.96. The van der Waals surface area contributed by atoms with Crippen LogP contribution in [0.1, 0.15) is 32.3 Å².